The predicted octanol–water partition coefficient (Wildman–Crippen LogP) is 6.79. The Morgan fingerprint density at radius 2 is 1.35 bits per heavy atom. The van der Waals surface area contributed by atoms with Crippen LogP contribution in [0.4, 0.5) is 5.69 Å². The van der Waals surface area contributed by atoms with E-state index in [1.165, 1.54) is 0 Å². The van der Waals surface area contributed by atoms with Crippen LogP contribution in [-0.2, 0) is 10.3 Å². The highest BCUT2D eigenvalue weighted by molar-refractivity contribution is 6.30. The quantitative estimate of drug-likeness (QED) is 0.211. The van der Waals surface area contributed by atoms with Crippen LogP contribution in [0.15, 0.2) is 128 Å². The molecule has 1 atom stereocenters. The molecule has 1 unspecified atom stereocenters. The molecule has 5 nitrogen and oxygen atoms in total. The van der Waals surface area contributed by atoms with E-state index in [0.29, 0.717) is 18.1 Å². The van der Waals surface area contributed by atoms with Crippen LogP contribution in [0.25, 0.3) is 0 Å². The van der Waals surface area contributed by atoms with E-state index in [-0.39, 0.29) is 11.9 Å². The first-order valence-corrected chi connectivity index (χ1v) is 14.0. The first-order chi connectivity index (χ1) is 19.6. The molecule has 4 aromatic carbocycles. The van der Waals surface area contributed by atoms with Gasteiger partial charge >= 0.3 is 0 Å². The molecule has 0 radical (unpaired) electrons. The van der Waals surface area contributed by atoms with Gasteiger partial charge in [0, 0.05) is 30.0 Å². The molecule has 1 aliphatic rings. The van der Waals surface area contributed by atoms with Gasteiger partial charge in [0.05, 0.1) is 24.6 Å². The average molecular weight is 547 g/mol. The van der Waals surface area contributed by atoms with Gasteiger partial charge in [-0.1, -0.05) is 109 Å². The Kier molecular flexibility index (Phi) is 7.25. The number of aromatic nitrogens is 2. The first kappa shape index (κ1) is 26.1. The van der Waals surface area contributed by atoms with Gasteiger partial charge < -0.3 is 9.47 Å². The Morgan fingerprint density at radius 1 is 0.775 bits per heavy atom. The number of imidazole rings is 1. The smallest absolute Gasteiger partial charge is 0.241 e. The van der Waals surface area contributed by atoms with E-state index < -0.39 is 5.54 Å². The predicted molar refractivity (Wildman–Crippen MR) is 161 cm³/mol. The fraction of sp³-hybridized carbons (Fsp3) is 0.176. The van der Waals surface area contributed by atoms with E-state index >= 15 is 0 Å². The molecule has 0 aliphatic carbocycles. The molecule has 0 bridgehead atoms. The van der Waals surface area contributed by atoms with Crippen LogP contribution in [0.3, 0.4) is 0 Å². The highest BCUT2D eigenvalue weighted by Gasteiger charge is 2.39. The molecule has 0 saturated carbocycles. The topological polar surface area (TPSA) is 41.4 Å². The Balaban J connectivity index is 1.36. The van der Waals surface area contributed by atoms with Gasteiger partial charge in [-0.05, 0) is 41.8 Å². The number of anilines is 1. The molecule has 1 saturated heterocycles. The van der Waals surface area contributed by atoms with Gasteiger partial charge in [-0.2, -0.15) is 0 Å². The van der Waals surface area contributed by atoms with E-state index in [4.69, 9.17) is 16.6 Å². The highest BCUT2D eigenvalue weighted by Crippen LogP contribution is 2.41. The first-order valence-electron chi connectivity index (χ1n) is 13.6. The van der Waals surface area contributed by atoms with Crippen molar-refractivity contribution in [1.29, 1.82) is 0 Å². The monoisotopic (exact) mass is 546 g/mol. The van der Waals surface area contributed by atoms with Crippen molar-refractivity contribution < 1.29 is 4.79 Å². The number of carbonyl (C=O) groups excluding carboxylic acids is 1. The van der Waals surface area contributed by atoms with Gasteiger partial charge in [-0.25, -0.2) is 4.98 Å². The number of nitrogens with zero attached hydrogens (tertiary/aromatic N) is 4. The Bertz CT molecular complexity index is 1490. The van der Waals surface area contributed by atoms with Crippen molar-refractivity contribution in [3.05, 3.63) is 155 Å². The SMILES string of the molecule is CC(c1cn(C(c2ccccc2)(c2ccccc2)c2ccccc2)cn1)N1CCN(c2cccc(Cl)c2)C(=O)C1. The van der Waals surface area contributed by atoms with Crippen molar-refractivity contribution in [1.82, 2.24) is 14.5 Å². The molecule has 1 fully saturated rings. The third kappa shape index (κ3) is 4.72. The fourth-order valence-electron chi connectivity index (χ4n) is 5.85. The number of amides is 1. The standard InChI is InChI=1S/C34H31ClN4O/c1-26(37-20-21-39(33(40)24-37)31-19-11-18-30(35)22-31)32-23-38(25-36-32)34(27-12-5-2-6-13-27,28-14-7-3-8-15-28)29-16-9-4-10-17-29/h2-19,22-23,25-26H,20-21,24H2,1H3. The lowest BCUT2D eigenvalue weighted by Crippen LogP contribution is -2.51. The zero-order valence-corrected chi connectivity index (χ0v) is 23.2. The van der Waals surface area contributed by atoms with Crippen LogP contribution in [-0.4, -0.2) is 40.0 Å². The lowest BCUT2D eigenvalue weighted by molar-refractivity contribution is -0.122. The summed E-state index contributed by atoms with van der Waals surface area (Å²) in [6.45, 7) is 3.80. The summed E-state index contributed by atoms with van der Waals surface area (Å²) >= 11 is 6.18. The minimum Gasteiger partial charge on any atom is -0.319 e. The van der Waals surface area contributed by atoms with Crippen LogP contribution < -0.4 is 4.90 Å². The lowest BCUT2D eigenvalue weighted by Gasteiger charge is -2.38. The van der Waals surface area contributed by atoms with Crippen LogP contribution in [0, 0.1) is 0 Å². The number of hydrogen-bond acceptors (Lipinski definition) is 3. The molecule has 40 heavy (non-hydrogen) atoms. The van der Waals surface area contributed by atoms with E-state index in [2.05, 4.69) is 95.4 Å². The van der Waals surface area contributed by atoms with Crippen LogP contribution in [0.1, 0.15) is 35.3 Å². The minimum absolute atomic E-state index is 0.0354. The maximum absolute atomic E-state index is 13.2. The average Bonchev–Trinajstić information content (AvgIpc) is 3.49. The summed E-state index contributed by atoms with van der Waals surface area (Å²) in [4.78, 5) is 22.1. The maximum Gasteiger partial charge on any atom is 0.241 e. The van der Waals surface area contributed by atoms with E-state index in [1.54, 1.807) is 0 Å². The van der Waals surface area contributed by atoms with Gasteiger partial charge in [0.1, 0.15) is 5.54 Å². The molecule has 6 heteroatoms. The number of halogens is 1. The molecule has 0 spiro atoms. The highest BCUT2D eigenvalue weighted by atomic mass is 35.5. The number of piperazine rings is 1. The van der Waals surface area contributed by atoms with Gasteiger partial charge in [0.15, 0.2) is 0 Å². The van der Waals surface area contributed by atoms with Gasteiger partial charge in [-0.15, -0.1) is 0 Å². The fourth-order valence-corrected chi connectivity index (χ4v) is 6.03. The molecule has 6 rings (SSSR count). The summed E-state index contributed by atoms with van der Waals surface area (Å²) in [6.07, 6.45) is 4.08. The molecule has 1 amide bonds. The van der Waals surface area contributed by atoms with Gasteiger partial charge in [0.25, 0.3) is 0 Å². The minimum atomic E-state index is -0.615. The largest absolute Gasteiger partial charge is 0.319 e. The molecule has 0 N–H and O–H groups in total. The number of benzene rings is 4. The summed E-state index contributed by atoms with van der Waals surface area (Å²) in [7, 11) is 0. The van der Waals surface area contributed by atoms with Crippen molar-refractivity contribution >= 4 is 23.2 Å². The van der Waals surface area contributed by atoms with E-state index in [1.807, 2.05) is 53.7 Å². The molecular weight excluding hydrogens is 516 g/mol. The normalized spacial score (nSPS) is 15.2. The number of hydrogen-bond donors (Lipinski definition) is 0. The zero-order valence-electron chi connectivity index (χ0n) is 22.4. The molecule has 1 aromatic heterocycles. The van der Waals surface area contributed by atoms with Crippen molar-refractivity contribution in [2.24, 2.45) is 0 Å². The Hall–Kier alpha value is -4.19. The third-order valence-corrected chi connectivity index (χ3v) is 8.15. The van der Waals surface area contributed by atoms with Crippen LogP contribution >= 0.6 is 11.6 Å². The maximum atomic E-state index is 13.2. The summed E-state index contributed by atoms with van der Waals surface area (Å²) in [5, 5.41) is 0.630. The molecule has 1 aliphatic heterocycles. The molecule has 5 aromatic rings. The van der Waals surface area contributed by atoms with Crippen molar-refractivity contribution in [3.8, 4) is 0 Å². The zero-order chi connectivity index (χ0) is 27.5. The molecular formula is C34H31ClN4O. The molecule has 200 valence electrons. The second-order valence-electron chi connectivity index (χ2n) is 10.2. The summed E-state index contributed by atoms with van der Waals surface area (Å²) in [5.41, 5.74) is 4.59. The summed E-state index contributed by atoms with van der Waals surface area (Å²) in [6, 6.07) is 39.2. The molecule has 2 heterocycles. The number of carbonyl (C=O) groups is 1. The van der Waals surface area contributed by atoms with Crippen LogP contribution in [0.2, 0.25) is 5.02 Å². The van der Waals surface area contributed by atoms with E-state index in [9.17, 15) is 4.79 Å². The summed E-state index contributed by atoms with van der Waals surface area (Å²) in [5.74, 6) is 0.0620. The second-order valence-corrected chi connectivity index (χ2v) is 10.6. The van der Waals surface area contributed by atoms with E-state index in [0.717, 1.165) is 34.6 Å². The van der Waals surface area contributed by atoms with Crippen molar-refractivity contribution in [3.63, 3.8) is 0 Å². The summed E-state index contributed by atoms with van der Waals surface area (Å²) < 4.78 is 2.23. The van der Waals surface area contributed by atoms with Crippen molar-refractivity contribution in [2.45, 2.75) is 18.5 Å². The lowest BCUT2D eigenvalue weighted by atomic mass is 9.77. The third-order valence-electron chi connectivity index (χ3n) is 7.91. The van der Waals surface area contributed by atoms with Gasteiger partial charge in [-0.3, -0.25) is 9.69 Å². The number of rotatable bonds is 7. The Labute approximate surface area is 240 Å². The van der Waals surface area contributed by atoms with Gasteiger partial charge in [0.2, 0.25) is 5.91 Å². The van der Waals surface area contributed by atoms with Crippen LogP contribution in [0.5, 0.6) is 0 Å². The van der Waals surface area contributed by atoms with Crippen molar-refractivity contribution in [2.75, 3.05) is 24.5 Å². The second kappa shape index (κ2) is 11.1. The Morgan fingerprint density at radius 3 is 1.88 bits per heavy atom.